The Labute approximate surface area is 107 Å². The van der Waals surface area contributed by atoms with Gasteiger partial charge in [0.2, 0.25) is 5.76 Å². The van der Waals surface area contributed by atoms with Crippen LogP contribution < -0.4 is 0 Å². The van der Waals surface area contributed by atoms with Gasteiger partial charge in [0.1, 0.15) is 0 Å². The van der Waals surface area contributed by atoms with Crippen molar-refractivity contribution in [3.8, 4) is 0 Å². The molecule has 0 aliphatic heterocycles. The Hall–Kier alpha value is -1.69. The number of carbonyl (C=O) groups excluding carboxylic acids is 1. The van der Waals surface area contributed by atoms with Crippen molar-refractivity contribution in [2.24, 2.45) is 0 Å². The summed E-state index contributed by atoms with van der Waals surface area (Å²) in [6.07, 6.45) is -9.60. The van der Waals surface area contributed by atoms with Gasteiger partial charge in [0, 0.05) is 0 Å². The molecule has 0 saturated carbocycles. The summed E-state index contributed by atoms with van der Waals surface area (Å²) in [5.41, 5.74) is 0. The van der Waals surface area contributed by atoms with E-state index in [0.29, 0.717) is 0 Å². The standard InChI is InChI=1S/C8H5F5O6S/c9-7(10,11)6(8(12,13)20(15,16)17)19-5(14)4-2-1-3-18-4/h1-3,6H,(H,15,16,17)/p-1. The van der Waals surface area contributed by atoms with Crippen LogP contribution in [0.5, 0.6) is 0 Å². The lowest BCUT2D eigenvalue weighted by Crippen LogP contribution is -2.52. The molecule has 0 fully saturated rings. The van der Waals surface area contributed by atoms with Crippen molar-refractivity contribution in [2.45, 2.75) is 17.5 Å². The van der Waals surface area contributed by atoms with Gasteiger partial charge in [-0.15, -0.1) is 0 Å². The van der Waals surface area contributed by atoms with Crippen molar-refractivity contribution in [3.05, 3.63) is 24.2 Å². The Kier molecular flexibility index (Phi) is 4.10. The van der Waals surface area contributed by atoms with Crippen LogP contribution in [0.25, 0.3) is 0 Å². The number of halogens is 5. The summed E-state index contributed by atoms with van der Waals surface area (Å²) in [6, 6.07) is 1.83. The van der Waals surface area contributed by atoms with Crippen LogP contribution in [-0.4, -0.2) is 36.5 Å². The first-order valence-electron chi connectivity index (χ1n) is 4.52. The highest BCUT2D eigenvalue weighted by Crippen LogP contribution is 2.38. The molecule has 0 bridgehead atoms. The largest absolute Gasteiger partial charge is 0.743 e. The maximum absolute atomic E-state index is 13.0. The Bertz CT molecular complexity index is 575. The number of carbonyl (C=O) groups is 1. The Morgan fingerprint density at radius 2 is 1.85 bits per heavy atom. The molecule has 1 heterocycles. The van der Waals surface area contributed by atoms with Gasteiger partial charge in [-0.3, -0.25) is 0 Å². The normalized spacial score (nSPS) is 14.9. The number of furan rings is 1. The summed E-state index contributed by atoms with van der Waals surface area (Å²) in [4.78, 5) is 11.1. The quantitative estimate of drug-likeness (QED) is 0.473. The maximum Gasteiger partial charge on any atom is 0.432 e. The average Bonchev–Trinajstić information content (AvgIpc) is 2.75. The molecule has 0 radical (unpaired) electrons. The predicted octanol–water partition coefficient (Wildman–Crippen LogP) is 1.51. The fourth-order valence-corrected chi connectivity index (χ4v) is 1.46. The van der Waals surface area contributed by atoms with Gasteiger partial charge in [-0.2, -0.15) is 22.0 Å². The first-order valence-corrected chi connectivity index (χ1v) is 5.92. The number of alkyl halides is 5. The second kappa shape index (κ2) is 5.01. The molecule has 0 saturated heterocycles. The molecule has 114 valence electrons. The van der Waals surface area contributed by atoms with Crippen molar-refractivity contribution in [2.75, 3.05) is 0 Å². The lowest BCUT2D eigenvalue weighted by Gasteiger charge is -2.29. The van der Waals surface area contributed by atoms with Gasteiger partial charge in [0.15, 0.2) is 10.1 Å². The zero-order valence-electron chi connectivity index (χ0n) is 9.06. The Balaban J connectivity index is 3.13. The number of hydrogen-bond donors (Lipinski definition) is 0. The molecule has 0 aliphatic carbocycles. The van der Waals surface area contributed by atoms with Crippen LogP contribution in [0, 0.1) is 0 Å². The third-order valence-corrected chi connectivity index (χ3v) is 2.76. The summed E-state index contributed by atoms with van der Waals surface area (Å²) in [5, 5.41) is -5.88. The van der Waals surface area contributed by atoms with Crippen LogP contribution in [0.1, 0.15) is 10.6 Å². The minimum Gasteiger partial charge on any atom is -0.743 e. The summed E-state index contributed by atoms with van der Waals surface area (Å²) >= 11 is 0. The van der Waals surface area contributed by atoms with E-state index in [1.807, 2.05) is 0 Å². The van der Waals surface area contributed by atoms with E-state index < -0.39 is 39.4 Å². The fourth-order valence-electron chi connectivity index (χ4n) is 1.02. The van der Waals surface area contributed by atoms with Crippen LogP contribution >= 0.6 is 0 Å². The van der Waals surface area contributed by atoms with E-state index in [4.69, 9.17) is 0 Å². The first-order chi connectivity index (χ1) is 8.87. The van der Waals surface area contributed by atoms with Gasteiger partial charge in [-0.1, -0.05) is 0 Å². The smallest absolute Gasteiger partial charge is 0.432 e. The molecule has 1 unspecified atom stereocenters. The van der Waals surface area contributed by atoms with E-state index >= 15 is 0 Å². The topological polar surface area (TPSA) is 96.6 Å². The van der Waals surface area contributed by atoms with Crippen LogP contribution in [-0.2, 0) is 14.9 Å². The number of esters is 1. The molecule has 0 aromatic carbocycles. The second-order valence-electron chi connectivity index (χ2n) is 3.32. The molecule has 20 heavy (non-hydrogen) atoms. The molecule has 1 rings (SSSR count). The zero-order chi connectivity index (χ0) is 15.8. The van der Waals surface area contributed by atoms with Crippen molar-refractivity contribution >= 4 is 16.1 Å². The Morgan fingerprint density at radius 3 is 2.20 bits per heavy atom. The van der Waals surface area contributed by atoms with Crippen molar-refractivity contribution < 1.29 is 48.9 Å². The summed E-state index contributed by atoms with van der Waals surface area (Å²) in [5.74, 6) is -2.88. The molecule has 1 atom stereocenters. The molecule has 0 aliphatic rings. The Morgan fingerprint density at radius 1 is 1.30 bits per heavy atom. The lowest BCUT2D eigenvalue weighted by atomic mass is 10.3. The van der Waals surface area contributed by atoms with Gasteiger partial charge < -0.3 is 13.7 Å². The number of ether oxygens (including phenoxy) is 1. The van der Waals surface area contributed by atoms with Crippen molar-refractivity contribution in [3.63, 3.8) is 0 Å². The first kappa shape index (κ1) is 16.4. The van der Waals surface area contributed by atoms with Gasteiger partial charge >= 0.3 is 17.4 Å². The highest BCUT2D eigenvalue weighted by molar-refractivity contribution is 7.86. The second-order valence-corrected chi connectivity index (χ2v) is 4.77. The zero-order valence-corrected chi connectivity index (χ0v) is 9.87. The molecular weight excluding hydrogens is 319 g/mol. The van der Waals surface area contributed by atoms with Crippen molar-refractivity contribution in [1.29, 1.82) is 0 Å². The molecule has 1 aromatic rings. The van der Waals surface area contributed by atoms with Gasteiger partial charge in [-0.25, -0.2) is 13.2 Å². The van der Waals surface area contributed by atoms with E-state index in [1.165, 1.54) is 0 Å². The van der Waals surface area contributed by atoms with Crippen LogP contribution in [0.15, 0.2) is 22.8 Å². The fraction of sp³-hybridized carbons (Fsp3) is 0.375. The van der Waals surface area contributed by atoms with Gasteiger partial charge in [0.05, 0.1) is 6.26 Å². The number of rotatable bonds is 4. The SMILES string of the molecule is O=C(OC(C(F)(F)F)C(F)(F)S(=O)(=O)[O-])c1ccco1. The highest BCUT2D eigenvalue weighted by Gasteiger charge is 2.63. The molecule has 1 aromatic heterocycles. The minimum absolute atomic E-state index is 0.791. The van der Waals surface area contributed by atoms with Crippen LogP contribution in [0.2, 0.25) is 0 Å². The predicted molar refractivity (Wildman–Crippen MR) is 48.6 cm³/mol. The molecule has 0 spiro atoms. The van der Waals surface area contributed by atoms with E-state index in [1.54, 1.807) is 0 Å². The molecule has 0 N–H and O–H groups in total. The monoisotopic (exact) mass is 323 g/mol. The molecular formula is C8H4F5O6S-. The third kappa shape index (κ3) is 3.25. The van der Waals surface area contributed by atoms with E-state index in [-0.39, 0.29) is 0 Å². The van der Waals surface area contributed by atoms with Crippen LogP contribution in [0.4, 0.5) is 22.0 Å². The third-order valence-electron chi connectivity index (χ3n) is 1.88. The summed E-state index contributed by atoms with van der Waals surface area (Å²) in [7, 11) is -6.71. The molecule has 12 heteroatoms. The van der Waals surface area contributed by atoms with E-state index in [0.717, 1.165) is 18.4 Å². The summed E-state index contributed by atoms with van der Waals surface area (Å²) in [6.45, 7) is 0. The van der Waals surface area contributed by atoms with Crippen LogP contribution in [0.3, 0.4) is 0 Å². The highest BCUT2D eigenvalue weighted by atomic mass is 32.2. The van der Waals surface area contributed by atoms with Gasteiger partial charge in [-0.05, 0) is 12.1 Å². The molecule has 6 nitrogen and oxygen atoms in total. The average molecular weight is 323 g/mol. The minimum atomic E-state index is -6.71. The lowest BCUT2D eigenvalue weighted by molar-refractivity contribution is -0.248. The van der Waals surface area contributed by atoms with E-state index in [2.05, 4.69) is 9.15 Å². The van der Waals surface area contributed by atoms with E-state index in [9.17, 15) is 39.7 Å². The van der Waals surface area contributed by atoms with Gasteiger partial charge in [0.25, 0.3) is 6.10 Å². The summed E-state index contributed by atoms with van der Waals surface area (Å²) < 4.78 is 101. The van der Waals surface area contributed by atoms with Crippen molar-refractivity contribution in [1.82, 2.24) is 0 Å². The number of hydrogen-bond acceptors (Lipinski definition) is 6. The molecule has 0 amide bonds. The maximum atomic E-state index is 13.0.